The van der Waals surface area contributed by atoms with E-state index in [0.717, 1.165) is 5.56 Å². The van der Waals surface area contributed by atoms with Crippen molar-refractivity contribution in [3.63, 3.8) is 0 Å². The molecule has 0 fully saturated rings. The molecule has 0 aliphatic rings. The molecule has 2 aromatic carbocycles. The lowest BCUT2D eigenvalue weighted by molar-refractivity contribution is -0.123. The van der Waals surface area contributed by atoms with Crippen molar-refractivity contribution in [2.45, 2.75) is 6.42 Å². The zero-order valence-corrected chi connectivity index (χ0v) is 12.9. The Morgan fingerprint density at radius 2 is 1.95 bits per heavy atom. The lowest BCUT2D eigenvalue weighted by atomic mass is 10.1. The maximum atomic E-state index is 12.8. The number of nitrogens with zero attached hydrogens (tertiary/aromatic N) is 1. The smallest absolute Gasteiger partial charge is 0.298 e. The van der Waals surface area contributed by atoms with Gasteiger partial charge in [-0.25, -0.2) is 4.39 Å². The van der Waals surface area contributed by atoms with E-state index < -0.39 is 0 Å². The zero-order valence-electron chi connectivity index (χ0n) is 12.1. The van der Waals surface area contributed by atoms with Crippen LogP contribution in [-0.2, 0) is 11.2 Å². The number of rotatable bonds is 3. The Balaban J connectivity index is 1.91. The monoisotopic (exact) mass is 315 g/mol. The molecule has 4 heteroatoms. The van der Waals surface area contributed by atoms with Crippen molar-refractivity contribution in [3.05, 3.63) is 70.5 Å². The lowest BCUT2D eigenvalue weighted by Gasteiger charge is -2.13. The van der Waals surface area contributed by atoms with E-state index in [1.54, 1.807) is 48.3 Å². The van der Waals surface area contributed by atoms with Gasteiger partial charge in [0.2, 0.25) is 0 Å². The summed E-state index contributed by atoms with van der Waals surface area (Å²) in [7, 11) is 1.69. The molecule has 0 unspecified atom stereocenters. The molecule has 2 nitrogen and oxygen atoms in total. The SMILES string of the molecule is CN(CCc1ccc(F)cc1)C(=O)C#Cc1cccc(Cl)c1. The van der Waals surface area contributed by atoms with E-state index in [4.69, 9.17) is 11.6 Å². The van der Waals surface area contributed by atoms with Gasteiger partial charge in [-0.1, -0.05) is 35.7 Å². The van der Waals surface area contributed by atoms with Gasteiger partial charge in [0.05, 0.1) is 0 Å². The number of halogens is 2. The molecular weight excluding hydrogens is 301 g/mol. The molecule has 0 atom stereocenters. The molecule has 0 heterocycles. The van der Waals surface area contributed by atoms with Crippen LogP contribution in [0.3, 0.4) is 0 Å². The highest BCUT2D eigenvalue weighted by Gasteiger charge is 2.05. The van der Waals surface area contributed by atoms with E-state index in [-0.39, 0.29) is 11.7 Å². The molecule has 22 heavy (non-hydrogen) atoms. The van der Waals surface area contributed by atoms with Crippen LogP contribution in [0.25, 0.3) is 0 Å². The van der Waals surface area contributed by atoms with Gasteiger partial charge in [-0.15, -0.1) is 0 Å². The summed E-state index contributed by atoms with van der Waals surface area (Å²) in [6, 6.07) is 13.3. The van der Waals surface area contributed by atoms with E-state index in [2.05, 4.69) is 11.8 Å². The average Bonchev–Trinajstić information content (AvgIpc) is 2.52. The molecule has 2 rings (SSSR count). The first kappa shape index (κ1) is 16.1. The van der Waals surface area contributed by atoms with Gasteiger partial charge in [0.1, 0.15) is 5.82 Å². The van der Waals surface area contributed by atoms with Crippen LogP contribution in [-0.4, -0.2) is 24.4 Å². The predicted molar refractivity (Wildman–Crippen MR) is 86.1 cm³/mol. The van der Waals surface area contributed by atoms with E-state index in [9.17, 15) is 9.18 Å². The quantitative estimate of drug-likeness (QED) is 0.793. The Morgan fingerprint density at radius 3 is 2.64 bits per heavy atom. The molecule has 2 aromatic rings. The number of carbonyl (C=O) groups excluding carboxylic acids is 1. The summed E-state index contributed by atoms with van der Waals surface area (Å²) in [4.78, 5) is 13.5. The van der Waals surface area contributed by atoms with Crippen LogP contribution in [0.5, 0.6) is 0 Å². The molecule has 1 amide bonds. The Labute approximate surface area is 134 Å². The molecule has 0 aliphatic heterocycles. The van der Waals surface area contributed by atoms with Crippen LogP contribution in [0.1, 0.15) is 11.1 Å². The van der Waals surface area contributed by atoms with E-state index in [0.29, 0.717) is 23.6 Å². The van der Waals surface area contributed by atoms with Crippen molar-refractivity contribution in [3.8, 4) is 11.8 Å². The summed E-state index contributed by atoms with van der Waals surface area (Å²) < 4.78 is 12.8. The summed E-state index contributed by atoms with van der Waals surface area (Å²) in [5, 5.41) is 0.587. The summed E-state index contributed by atoms with van der Waals surface area (Å²) >= 11 is 5.86. The lowest BCUT2D eigenvalue weighted by Crippen LogP contribution is -2.27. The third kappa shape index (κ3) is 4.91. The number of carbonyl (C=O) groups is 1. The minimum Gasteiger partial charge on any atom is -0.335 e. The first-order valence-electron chi connectivity index (χ1n) is 6.82. The topological polar surface area (TPSA) is 20.3 Å². The van der Waals surface area contributed by atoms with Crippen LogP contribution in [0.2, 0.25) is 5.02 Å². The first-order valence-corrected chi connectivity index (χ1v) is 7.19. The van der Waals surface area contributed by atoms with Gasteiger partial charge in [0.15, 0.2) is 0 Å². The number of amides is 1. The third-order valence-electron chi connectivity index (χ3n) is 3.13. The summed E-state index contributed by atoms with van der Waals surface area (Å²) in [6.45, 7) is 0.523. The van der Waals surface area contributed by atoms with Gasteiger partial charge in [0, 0.05) is 30.1 Å². The third-order valence-corrected chi connectivity index (χ3v) is 3.37. The van der Waals surface area contributed by atoms with Crippen molar-refractivity contribution in [2.24, 2.45) is 0 Å². The Kier molecular flexibility index (Phi) is 5.57. The van der Waals surface area contributed by atoms with Crippen molar-refractivity contribution >= 4 is 17.5 Å². The molecule has 0 spiro atoms. The second kappa shape index (κ2) is 7.63. The molecule has 0 radical (unpaired) electrons. The predicted octanol–water partition coefficient (Wildman–Crippen LogP) is 3.53. The number of hydrogen-bond acceptors (Lipinski definition) is 1. The maximum Gasteiger partial charge on any atom is 0.298 e. The van der Waals surface area contributed by atoms with Crippen LogP contribution >= 0.6 is 11.6 Å². The highest BCUT2D eigenvalue weighted by molar-refractivity contribution is 6.30. The first-order chi connectivity index (χ1) is 10.5. The van der Waals surface area contributed by atoms with Crippen molar-refractivity contribution in [1.82, 2.24) is 4.90 Å². The van der Waals surface area contributed by atoms with Crippen LogP contribution < -0.4 is 0 Å². The Bertz CT molecular complexity index is 716. The Morgan fingerprint density at radius 1 is 1.23 bits per heavy atom. The van der Waals surface area contributed by atoms with Crippen molar-refractivity contribution in [2.75, 3.05) is 13.6 Å². The fraction of sp³-hybridized carbons (Fsp3) is 0.167. The second-order valence-corrected chi connectivity index (χ2v) is 5.30. The standard InChI is InChI=1S/C18H15ClFNO/c1-21(12-11-14-5-8-17(20)9-6-14)18(22)10-7-15-3-2-4-16(19)13-15/h2-6,8-9,13H,11-12H2,1H3. The second-order valence-electron chi connectivity index (χ2n) is 4.86. The van der Waals surface area contributed by atoms with Gasteiger partial charge in [-0.3, -0.25) is 4.79 Å². The molecule has 0 N–H and O–H groups in total. The minimum absolute atomic E-state index is 0.262. The summed E-state index contributed by atoms with van der Waals surface area (Å²) in [5.74, 6) is 4.86. The molecule has 0 aliphatic carbocycles. The zero-order chi connectivity index (χ0) is 15.9. The molecule has 0 bridgehead atoms. The minimum atomic E-state index is -0.263. The van der Waals surface area contributed by atoms with Gasteiger partial charge in [0.25, 0.3) is 5.91 Å². The Hall–Kier alpha value is -2.31. The van der Waals surface area contributed by atoms with E-state index in [1.165, 1.54) is 12.1 Å². The van der Waals surface area contributed by atoms with Crippen LogP contribution in [0, 0.1) is 17.7 Å². The van der Waals surface area contributed by atoms with Crippen molar-refractivity contribution < 1.29 is 9.18 Å². The molecule has 112 valence electrons. The van der Waals surface area contributed by atoms with Gasteiger partial charge < -0.3 is 4.90 Å². The summed E-state index contributed by atoms with van der Waals surface area (Å²) in [5.41, 5.74) is 1.68. The normalized spacial score (nSPS) is 9.77. The molecule has 0 saturated carbocycles. The van der Waals surface area contributed by atoms with Crippen molar-refractivity contribution in [1.29, 1.82) is 0 Å². The highest BCUT2D eigenvalue weighted by atomic mass is 35.5. The van der Waals surface area contributed by atoms with E-state index >= 15 is 0 Å². The maximum absolute atomic E-state index is 12.8. The fourth-order valence-electron chi connectivity index (χ4n) is 1.84. The average molecular weight is 316 g/mol. The van der Waals surface area contributed by atoms with Crippen LogP contribution in [0.4, 0.5) is 4.39 Å². The largest absolute Gasteiger partial charge is 0.335 e. The van der Waals surface area contributed by atoms with E-state index in [1.807, 2.05) is 0 Å². The van der Waals surface area contributed by atoms with Gasteiger partial charge in [-0.2, -0.15) is 0 Å². The van der Waals surface area contributed by atoms with Crippen LogP contribution in [0.15, 0.2) is 48.5 Å². The number of hydrogen-bond donors (Lipinski definition) is 0. The fourth-order valence-corrected chi connectivity index (χ4v) is 2.03. The molecule has 0 saturated heterocycles. The van der Waals surface area contributed by atoms with Gasteiger partial charge in [-0.05, 0) is 42.3 Å². The molecule has 0 aromatic heterocycles. The molecular formula is C18H15ClFNO. The van der Waals surface area contributed by atoms with Gasteiger partial charge >= 0.3 is 0 Å². The summed E-state index contributed by atoms with van der Waals surface area (Å²) in [6.07, 6.45) is 0.654. The number of benzene rings is 2. The highest BCUT2D eigenvalue weighted by Crippen LogP contribution is 2.09. The number of likely N-dealkylation sites (N-methyl/N-ethyl adjacent to an activating group) is 1.